The summed E-state index contributed by atoms with van der Waals surface area (Å²) < 4.78 is 50.0. The fraction of sp³-hybridized carbons (Fsp3) is 0.0588. The number of primary amides is 2. The molecule has 6 N–H and O–H groups in total. The molecule has 6 aromatic rings. The lowest BCUT2D eigenvalue weighted by atomic mass is 10.1. The maximum Gasteiger partial charge on any atom is 0.291 e. The summed E-state index contributed by atoms with van der Waals surface area (Å²) in [4.78, 5) is 41.6. The third-order valence-electron chi connectivity index (χ3n) is 7.32. The number of carbonyl (C=O) groups excluding carboxylic acids is 2. The molecule has 14 nitrogen and oxygen atoms in total. The van der Waals surface area contributed by atoms with Gasteiger partial charge in [0.1, 0.15) is 28.0 Å². The molecule has 52 heavy (non-hydrogen) atoms. The first-order valence-corrected chi connectivity index (χ1v) is 15.3. The third-order valence-corrected chi connectivity index (χ3v) is 8.06. The highest BCUT2D eigenvalue weighted by Gasteiger charge is 2.22. The Balaban J connectivity index is 0.000000202. The first-order chi connectivity index (χ1) is 24.7. The van der Waals surface area contributed by atoms with Gasteiger partial charge in [0, 0.05) is 41.4 Å². The van der Waals surface area contributed by atoms with Gasteiger partial charge in [-0.05, 0) is 42.5 Å². The summed E-state index contributed by atoms with van der Waals surface area (Å²) in [6.45, 7) is 0. The van der Waals surface area contributed by atoms with Crippen LogP contribution in [0.4, 0.5) is 20.2 Å². The number of halogens is 4. The van der Waals surface area contributed by atoms with Crippen LogP contribution in [0.15, 0.2) is 73.1 Å². The van der Waals surface area contributed by atoms with E-state index in [2.05, 4.69) is 9.97 Å². The second kappa shape index (κ2) is 15.2. The summed E-state index contributed by atoms with van der Waals surface area (Å²) in [7, 11) is 2.79. The SMILES string of the molecule is COc1cc2nccc(Oc3ccc(N)c(Cl)c3F)c2cc1C(N)=O.COc1cc2nccc(Oc3ccc([N+](=O)[O-])c(Cl)c3F)c2cc1C(N)=O. The molecular weight excluding hydrogens is 729 g/mol. The molecule has 0 fully saturated rings. The van der Waals surface area contributed by atoms with Gasteiger partial charge < -0.3 is 36.1 Å². The number of fused-ring (bicyclic) bond motifs is 2. The zero-order valence-corrected chi connectivity index (χ0v) is 28.3. The summed E-state index contributed by atoms with van der Waals surface area (Å²) >= 11 is 11.5. The van der Waals surface area contributed by atoms with Gasteiger partial charge in [-0.2, -0.15) is 0 Å². The van der Waals surface area contributed by atoms with E-state index < -0.39 is 39.1 Å². The van der Waals surface area contributed by atoms with E-state index in [1.54, 1.807) is 6.07 Å². The second-order valence-electron chi connectivity index (χ2n) is 10.4. The van der Waals surface area contributed by atoms with Crippen LogP contribution in [-0.2, 0) is 0 Å². The van der Waals surface area contributed by atoms with Crippen molar-refractivity contribution in [2.24, 2.45) is 11.5 Å². The van der Waals surface area contributed by atoms with E-state index in [1.165, 1.54) is 69.1 Å². The zero-order chi connectivity index (χ0) is 37.9. The highest BCUT2D eigenvalue weighted by Crippen LogP contribution is 2.39. The number of nitro benzene ring substituents is 1. The third kappa shape index (κ3) is 7.33. The van der Waals surface area contributed by atoms with Crippen LogP contribution in [0.3, 0.4) is 0 Å². The smallest absolute Gasteiger partial charge is 0.291 e. The summed E-state index contributed by atoms with van der Waals surface area (Å²) in [6, 6.07) is 13.8. The molecular formula is C34H24Cl2F2N6O8. The number of anilines is 1. The van der Waals surface area contributed by atoms with E-state index in [4.69, 9.17) is 59.4 Å². The molecule has 2 amide bonds. The van der Waals surface area contributed by atoms with Crippen molar-refractivity contribution in [1.29, 1.82) is 0 Å². The number of methoxy groups -OCH3 is 2. The highest BCUT2D eigenvalue weighted by atomic mass is 35.5. The molecule has 0 aliphatic rings. The Morgan fingerprint density at radius 1 is 0.692 bits per heavy atom. The Morgan fingerprint density at radius 2 is 1.13 bits per heavy atom. The van der Waals surface area contributed by atoms with Crippen LogP contribution in [0.25, 0.3) is 21.8 Å². The van der Waals surface area contributed by atoms with Gasteiger partial charge in [0.05, 0.1) is 47.0 Å². The first-order valence-electron chi connectivity index (χ1n) is 14.5. The number of benzene rings is 4. The van der Waals surface area contributed by atoms with Crippen molar-refractivity contribution in [2.45, 2.75) is 0 Å². The van der Waals surface area contributed by atoms with Crippen LogP contribution >= 0.6 is 23.2 Å². The van der Waals surface area contributed by atoms with Crippen molar-refractivity contribution in [2.75, 3.05) is 20.0 Å². The molecule has 0 bridgehead atoms. The standard InChI is InChI=1S/C17H11ClFN3O5.C17H13ClFN3O3/c1-26-14-7-10-8(6-9(14)17(20)23)12(4-5-21-10)27-13-3-2-11(22(24)25)15(18)16(13)19;1-24-14-7-11-8(6-9(14)17(21)23)12(4-5-22-11)25-13-3-2-10(20)15(18)16(13)19/h2-7H,1H3,(H2,20,23);2-7H,20H2,1H3,(H2,21,23). The van der Waals surface area contributed by atoms with E-state index >= 15 is 0 Å². The van der Waals surface area contributed by atoms with Crippen LogP contribution in [0.2, 0.25) is 10.0 Å². The number of pyridine rings is 2. The number of aromatic nitrogens is 2. The molecule has 0 aliphatic heterocycles. The normalized spacial score (nSPS) is 10.7. The average molecular weight is 754 g/mol. The first kappa shape index (κ1) is 36.8. The van der Waals surface area contributed by atoms with Crippen LogP contribution in [0.1, 0.15) is 20.7 Å². The molecule has 0 spiro atoms. The molecule has 0 radical (unpaired) electrons. The van der Waals surface area contributed by atoms with Crippen molar-refractivity contribution >= 4 is 68.2 Å². The largest absolute Gasteiger partial charge is 0.496 e. The van der Waals surface area contributed by atoms with Crippen molar-refractivity contribution in [3.63, 3.8) is 0 Å². The number of hydrogen-bond donors (Lipinski definition) is 3. The van der Waals surface area contributed by atoms with Crippen LogP contribution in [-0.4, -0.2) is 40.9 Å². The van der Waals surface area contributed by atoms with E-state index in [-0.39, 0.29) is 56.3 Å². The number of nitrogen functional groups attached to an aromatic ring is 1. The average Bonchev–Trinajstić information content (AvgIpc) is 3.12. The summed E-state index contributed by atoms with van der Waals surface area (Å²) in [5.41, 5.74) is 16.9. The van der Waals surface area contributed by atoms with Gasteiger partial charge in [-0.1, -0.05) is 23.2 Å². The lowest BCUT2D eigenvalue weighted by molar-refractivity contribution is -0.384. The van der Waals surface area contributed by atoms with Gasteiger partial charge in [-0.25, -0.2) is 8.78 Å². The molecule has 0 aliphatic carbocycles. The molecule has 6 rings (SSSR count). The van der Waals surface area contributed by atoms with Crippen molar-refractivity contribution in [3.8, 4) is 34.5 Å². The van der Waals surface area contributed by atoms with E-state index in [9.17, 15) is 28.5 Å². The van der Waals surface area contributed by atoms with Crippen molar-refractivity contribution < 1.29 is 42.2 Å². The van der Waals surface area contributed by atoms with Gasteiger partial charge in [0.2, 0.25) is 0 Å². The molecule has 266 valence electrons. The van der Waals surface area contributed by atoms with Crippen LogP contribution in [0, 0.1) is 21.7 Å². The Bertz CT molecular complexity index is 2420. The fourth-order valence-corrected chi connectivity index (χ4v) is 5.18. The van der Waals surface area contributed by atoms with Crippen molar-refractivity contribution in [1.82, 2.24) is 9.97 Å². The molecule has 0 unspecified atom stereocenters. The maximum absolute atomic E-state index is 14.4. The minimum atomic E-state index is -1.08. The number of rotatable bonds is 9. The molecule has 4 aromatic carbocycles. The molecule has 2 heterocycles. The number of ether oxygens (including phenoxy) is 4. The van der Waals surface area contributed by atoms with Gasteiger partial charge in [-0.15, -0.1) is 0 Å². The number of hydrogen-bond acceptors (Lipinski definition) is 11. The summed E-state index contributed by atoms with van der Waals surface area (Å²) in [5.74, 6) is -2.77. The number of nitrogens with two attached hydrogens (primary N) is 3. The molecule has 18 heteroatoms. The quantitative estimate of drug-likeness (QED) is 0.0753. The number of nitro groups is 1. The van der Waals surface area contributed by atoms with E-state index in [0.717, 1.165) is 12.1 Å². The van der Waals surface area contributed by atoms with Gasteiger partial charge in [0.25, 0.3) is 17.5 Å². The van der Waals surface area contributed by atoms with Gasteiger partial charge >= 0.3 is 0 Å². The monoisotopic (exact) mass is 752 g/mol. The lowest BCUT2D eigenvalue weighted by Crippen LogP contribution is -2.12. The van der Waals surface area contributed by atoms with E-state index in [0.29, 0.717) is 21.8 Å². The number of nitrogens with zero attached hydrogens (tertiary/aromatic N) is 3. The van der Waals surface area contributed by atoms with E-state index in [1.807, 2.05) is 0 Å². The maximum atomic E-state index is 14.4. The minimum absolute atomic E-state index is 0.0880. The topological polar surface area (TPSA) is 218 Å². The van der Waals surface area contributed by atoms with Gasteiger partial charge in [-0.3, -0.25) is 29.7 Å². The second-order valence-corrected chi connectivity index (χ2v) is 11.2. The zero-order valence-electron chi connectivity index (χ0n) is 26.8. The molecule has 0 saturated carbocycles. The lowest BCUT2D eigenvalue weighted by Gasteiger charge is -2.13. The van der Waals surface area contributed by atoms with Crippen LogP contribution in [0.5, 0.6) is 34.5 Å². The highest BCUT2D eigenvalue weighted by molar-refractivity contribution is 6.33. The Labute approximate surface area is 301 Å². The molecule has 0 atom stereocenters. The molecule has 0 saturated heterocycles. The number of carbonyl (C=O) groups is 2. The minimum Gasteiger partial charge on any atom is -0.496 e. The Kier molecular flexibility index (Phi) is 10.7. The summed E-state index contributed by atoms with van der Waals surface area (Å²) in [5, 5.41) is 10.8. The predicted molar refractivity (Wildman–Crippen MR) is 188 cm³/mol. The Hall–Kier alpha value is -6.52. The summed E-state index contributed by atoms with van der Waals surface area (Å²) in [6.07, 6.45) is 2.89. The van der Waals surface area contributed by atoms with Crippen LogP contribution < -0.4 is 36.1 Å². The molecule has 2 aromatic heterocycles. The van der Waals surface area contributed by atoms with Gasteiger partial charge in [0.15, 0.2) is 28.2 Å². The fourth-order valence-electron chi connectivity index (χ4n) is 4.80. The Morgan fingerprint density at radius 3 is 1.56 bits per heavy atom. The van der Waals surface area contributed by atoms with Crippen molar-refractivity contribution in [3.05, 3.63) is 116 Å². The predicted octanol–water partition coefficient (Wildman–Crippen LogP) is 7.34. The number of amides is 2.